The highest BCUT2D eigenvalue weighted by molar-refractivity contribution is 6.04. The van der Waals surface area contributed by atoms with Gasteiger partial charge in [-0.3, -0.25) is 9.59 Å². The Morgan fingerprint density at radius 1 is 1.21 bits per heavy atom. The van der Waals surface area contributed by atoms with Crippen LogP contribution in [0.25, 0.3) is 0 Å². The molecule has 0 aromatic rings. The summed E-state index contributed by atoms with van der Waals surface area (Å²) in [6, 6.07) is 0. The van der Waals surface area contributed by atoms with E-state index in [9.17, 15) is 22.8 Å². The Bertz CT molecular complexity index is 245. The van der Waals surface area contributed by atoms with Crippen molar-refractivity contribution < 1.29 is 22.8 Å². The predicted octanol–water partition coefficient (Wildman–Crippen LogP) is 2.27. The summed E-state index contributed by atoms with van der Waals surface area (Å²) in [6.07, 6.45) is -2.86. The molecule has 0 aromatic heterocycles. The third-order valence-electron chi connectivity index (χ3n) is 2.40. The van der Waals surface area contributed by atoms with Crippen molar-refractivity contribution in [2.24, 2.45) is 5.92 Å². The third-order valence-corrected chi connectivity index (χ3v) is 2.40. The van der Waals surface area contributed by atoms with E-state index >= 15 is 0 Å². The third kappa shape index (κ3) is 2.56. The van der Waals surface area contributed by atoms with Gasteiger partial charge in [-0.2, -0.15) is 13.2 Å². The maximum atomic E-state index is 12.0. The normalized spacial score (nSPS) is 24.5. The highest BCUT2D eigenvalue weighted by atomic mass is 19.4. The summed E-state index contributed by atoms with van der Waals surface area (Å²) in [5.74, 6) is -3.85. The van der Waals surface area contributed by atoms with Gasteiger partial charge in [-0.15, -0.1) is 0 Å². The molecule has 0 bridgehead atoms. The lowest BCUT2D eigenvalue weighted by molar-refractivity contribution is -0.176. The van der Waals surface area contributed by atoms with Gasteiger partial charge >= 0.3 is 6.18 Å². The van der Waals surface area contributed by atoms with E-state index in [2.05, 4.69) is 0 Å². The SMILES string of the molecule is O=C1CCCCCC1C(=O)C(F)(F)F. The van der Waals surface area contributed by atoms with E-state index in [4.69, 9.17) is 0 Å². The number of hydrogen-bond acceptors (Lipinski definition) is 2. The molecule has 0 spiro atoms. The van der Waals surface area contributed by atoms with E-state index in [1.165, 1.54) is 0 Å². The fourth-order valence-electron chi connectivity index (χ4n) is 1.63. The van der Waals surface area contributed by atoms with Gasteiger partial charge < -0.3 is 0 Å². The Morgan fingerprint density at radius 2 is 1.86 bits per heavy atom. The zero-order chi connectivity index (χ0) is 10.8. The van der Waals surface area contributed by atoms with Crippen LogP contribution in [0.1, 0.15) is 32.1 Å². The Morgan fingerprint density at radius 3 is 2.43 bits per heavy atom. The maximum Gasteiger partial charge on any atom is 0.450 e. The van der Waals surface area contributed by atoms with Crippen molar-refractivity contribution in [2.45, 2.75) is 38.3 Å². The van der Waals surface area contributed by atoms with E-state index in [0.29, 0.717) is 12.8 Å². The molecule has 80 valence electrons. The zero-order valence-electron chi connectivity index (χ0n) is 7.56. The standard InChI is InChI=1S/C9H11F3O2/c10-9(11,12)8(14)6-4-2-1-3-5-7(6)13/h6H,1-5H2. The van der Waals surface area contributed by atoms with Crippen LogP contribution >= 0.6 is 0 Å². The summed E-state index contributed by atoms with van der Waals surface area (Å²) in [7, 11) is 0. The lowest BCUT2D eigenvalue weighted by Gasteiger charge is -2.13. The summed E-state index contributed by atoms with van der Waals surface area (Å²) in [6.45, 7) is 0. The van der Waals surface area contributed by atoms with Crippen LogP contribution in [-0.2, 0) is 9.59 Å². The molecule has 1 fully saturated rings. The molecule has 0 N–H and O–H groups in total. The topological polar surface area (TPSA) is 34.1 Å². The van der Waals surface area contributed by atoms with Crippen LogP contribution in [0, 0.1) is 5.92 Å². The van der Waals surface area contributed by atoms with E-state index in [1.54, 1.807) is 0 Å². The van der Waals surface area contributed by atoms with Crippen molar-refractivity contribution in [3.05, 3.63) is 0 Å². The van der Waals surface area contributed by atoms with Crippen molar-refractivity contribution in [1.29, 1.82) is 0 Å². The van der Waals surface area contributed by atoms with Crippen LogP contribution in [0.4, 0.5) is 13.2 Å². The first-order valence-corrected chi connectivity index (χ1v) is 4.56. The van der Waals surface area contributed by atoms with Crippen LogP contribution in [0.5, 0.6) is 0 Å². The number of hydrogen-bond donors (Lipinski definition) is 0. The van der Waals surface area contributed by atoms with Crippen molar-refractivity contribution in [3.63, 3.8) is 0 Å². The van der Waals surface area contributed by atoms with Gasteiger partial charge in [-0.25, -0.2) is 0 Å². The van der Waals surface area contributed by atoms with Gasteiger partial charge in [0.2, 0.25) is 5.78 Å². The summed E-state index contributed by atoms with van der Waals surface area (Å²) >= 11 is 0. The second-order valence-corrected chi connectivity index (χ2v) is 3.48. The van der Waals surface area contributed by atoms with Crippen LogP contribution in [0.15, 0.2) is 0 Å². The molecule has 1 unspecified atom stereocenters. The molecule has 5 heteroatoms. The zero-order valence-corrected chi connectivity index (χ0v) is 7.56. The molecular formula is C9H11F3O2. The van der Waals surface area contributed by atoms with Crippen molar-refractivity contribution >= 4 is 11.6 Å². The molecule has 0 aliphatic heterocycles. The van der Waals surface area contributed by atoms with Gasteiger partial charge in [0.1, 0.15) is 5.78 Å². The minimum Gasteiger partial charge on any atom is -0.299 e. The van der Waals surface area contributed by atoms with Gasteiger partial charge in [0.25, 0.3) is 0 Å². The smallest absolute Gasteiger partial charge is 0.299 e. The average molecular weight is 208 g/mol. The fourth-order valence-corrected chi connectivity index (χ4v) is 1.63. The molecule has 1 atom stereocenters. The van der Waals surface area contributed by atoms with E-state index in [-0.39, 0.29) is 12.8 Å². The number of carbonyl (C=O) groups excluding carboxylic acids is 2. The van der Waals surface area contributed by atoms with Gasteiger partial charge in [0, 0.05) is 6.42 Å². The Balaban J connectivity index is 2.74. The number of halogens is 3. The molecule has 1 saturated carbocycles. The first-order chi connectivity index (χ1) is 6.43. The van der Waals surface area contributed by atoms with Gasteiger partial charge in [0.05, 0.1) is 5.92 Å². The van der Waals surface area contributed by atoms with Crippen LogP contribution in [-0.4, -0.2) is 17.7 Å². The van der Waals surface area contributed by atoms with E-state index in [1.807, 2.05) is 0 Å². The van der Waals surface area contributed by atoms with Crippen molar-refractivity contribution in [1.82, 2.24) is 0 Å². The molecule has 14 heavy (non-hydrogen) atoms. The summed E-state index contributed by atoms with van der Waals surface area (Å²) < 4.78 is 36.1. The second-order valence-electron chi connectivity index (χ2n) is 3.48. The Hall–Kier alpha value is -0.870. The van der Waals surface area contributed by atoms with Crippen LogP contribution in [0.3, 0.4) is 0 Å². The van der Waals surface area contributed by atoms with Crippen LogP contribution < -0.4 is 0 Å². The monoisotopic (exact) mass is 208 g/mol. The minimum atomic E-state index is -4.87. The number of Topliss-reactive ketones (excluding diaryl/α,β-unsaturated/α-hetero) is 2. The highest BCUT2D eigenvalue weighted by Crippen LogP contribution is 2.28. The Kier molecular flexibility index (Phi) is 3.29. The number of alkyl halides is 3. The molecule has 0 amide bonds. The number of rotatable bonds is 1. The molecule has 0 radical (unpaired) electrons. The maximum absolute atomic E-state index is 12.0. The molecule has 0 heterocycles. The van der Waals surface area contributed by atoms with Crippen molar-refractivity contribution in [3.8, 4) is 0 Å². The summed E-state index contributed by atoms with van der Waals surface area (Å²) in [5, 5.41) is 0. The molecule has 2 nitrogen and oxygen atoms in total. The quantitative estimate of drug-likeness (QED) is 0.489. The largest absolute Gasteiger partial charge is 0.450 e. The highest BCUT2D eigenvalue weighted by Gasteiger charge is 2.45. The molecular weight excluding hydrogens is 197 g/mol. The lowest BCUT2D eigenvalue weighted by Crippen LogP contribution is -2.34. The molecule has 0 saturated heterocycles. The summed E-state index contributed by atoms with van der Waals surface area (Å²) in [5.41, 5.74) is 0. The lowest BCUT2D eigenvalue weighted by atomic mass is 9.94. The van der Waals surface area contributed by atoms with E-state index < -0.39 is 23.7 Å². The van der Waals surface area contributed by atoms with Crippen LogP contribution in [0.2, 0.25) is 0 Å². The Labute approximate surface area is 79.5 Å². The second kappa shape index (κ2) is 4.11. The van der Waals surface area contributed by atoms with E-state index in [0.717, 1.165) is 6.42 Å². The first-order valence-electron chi connectivity index (χ1n) is 4.56. The predicted molar refractivity (Wildman–Crippen MR) is 42.6 cm³/mol. The van der Waals surface area contributed by atoms with Gasteiger partial charge in [0.15, 0.2) is 0 Å². The fraction of sp³-hybridized carbons (Fsp3) is 0.778. The first kappa shape index (κ1) is 11.2. The number of ketones is 2. The van der Waals surface area contributed by atoms with Gasteiger partial charge in [-0.05, 0) is 12.8 Å². The molecule has 1 aliphatic carbocycles. The van der Waals surface area contributed by atoms with Gasteiger partial charge in [-0.1, -0.05) is 12.8 Å². The average Bonchev–Trinajstić information content (AvgIpc) is 2.27. The molecule has 0 aromatic carbocycles. The molecule has 1 aliphatic rings. The number of carbonyl (C=O) groups is 2. The summed E-state index contributed by atoms with van der Waals surface area (Å²) in [4.78, 5) is 22.0. The van der Waals surface area contributed by atoms with Crippen molar-refractivity contribution in [2.75, 3.05) is 0 Å². The molecule has 1 rings (SSSR count). The minimum absolute atomic E-state index is 0.0528.